The van der Waals surface area contributed by atoms with Gasteiger partial charge >= 0.3 is 0 Å². The third-order valence-electron chi connectivity index (χ3n) is 6.69. The van der Waals surface area contributed by atoms with Crippen molar-refractivity contribution in [2.24, 2.45) is 5.10 Å². The fourth-order valence-electron chi connectivity index (χ4n) is 4.39. The average Bonchev–Trinajstić information content (AvgIpc) is 3.18. The highest BCUT2D eigenvalue weighted by atomic mass is 79.9. The summed E-state index contributed by atoms with van der Waals surface area (Å²) < 4.78 is 31.6. The standard InChI is InChI=1S/C30H31BrN4O3S/c1-20-9-15-28(16-10-20)39(37,38)34(29-8-6-7-21(2)23(29)4)19-30(36)33-32-18-25-17-22(3)35(24(25)5)27-13-11-26(31)12-14-27/h6-18H,19H2,1-5H3,(H,33,36)/b32-18-. The van der Waals surface area contributed by atoms with E-state index in [9.17, 15) is 13.2 Å². The molecule has 9 heteroatoms. The van der Waals surface area contributed by atoms with E-state index in [1.54, 1.807) is 42.6 Å². The van der Waals surface area contributed by atoms with Gasteiger partial charge < -0.3 is 4.57 Å². The van der Waals surface area contributed by atoms with Crippen LogP contribution < -0.4 is 9.73 Å². The van der Waals surface area contributed by atoms with Crippen molar-refractivity contribution in [3.05, 3.63) is 111 Å². The average molecular weight is 608 g/mol. The fraction of sp³-hybridized carbons (Fsp3) is 0.200. The van der Waals surface area contributed by atoms with Gasteiger partial charge in [0.05, 0.1) is 16.8 Å². The zero-order valence-corrected chi connectivity index (χ0v) is 25.0. The van der Waals surface area contributed by atoms with Crippen molar-refractivity contribution in [3.63, 3.8) is 0 Å². The van der Waals surface area contributed by atoms with Crippen molar-refractivity contribution < 1.29 is 13.2 Å². The maximum Gasteiger partial charge on any atom is 0.264 e. The van der Waals surface area contributed by atoms with Crippen LogP contribution in [-0.2, 0) is 14.8 Å². The van der Waals surface area contributed by atoms with Gasteiger partial charge in [-0.3, -0.25) is 9.10 Å². The van der Waals surface area contributed by atoms with Crippen LogP contribution in [0.4, 0.5) is 5.69 Å². The van der Waals surface area contributed by atoms with E-state index in [0.29, 0.717) is 5.69 Å². The SMILES string of the molecule is Cc1ccc(S(=O)(=O)N(CC(=O)N/N=C\c2cc(C)n(-c3ccc(Br)cc3)c2C)c2cccc(C)c2C)cc1. The maximum atomic E-state index is 13.7. The number of hydrogen-bond acceptors (Lipinski definition) is 4. The van der Waals surface area contributed by atoms with Gasteiger partial charge in [-0.25, -0.2) is 13.8 Å². The number of rotatable bonds is 8. The molecule has 1 heterocycles. The number of benzene rings is 3. The van der Waals surface area contributed by atoms with Gasteiger partial charge in [-0.15, -0.1) is 0 Å². The number of nitrogens with zero attached hydrogens (tertiary/aromatic N) is 3. The Morgan fingerprint density at radius 1 is 0.974 bits per heavy atom. The molecule has 0 bridgehead atoms. The molecule has 0 spiro atoms. The molecule has 39 heavy (non-hydrogen) atoms. The molecule has 0 aliphatic carbocycles. The van der Waals surface area contributed by atoms with E-state index in [1.807, 2.05) is 71.0 Å². The number of aromatic nitrogens is 1. The molecule has 0 unspecified atom stereocenters. The van der Waals surface area contributed by atoms with Crippen LogP contribution in [0.15, 0.2) is 87.3 Å². The predicted molar refractivity (Wildman–Crippen MR) is 160 cm³/mol. The van der Waals surface area contributed by atoms with E-state index < -0.39 is 22.5 Å². The van der Waals surface area contributed by atoms with Crippen LogP contribution >= 0.6 is 15.9 Å². The molecule has 0 aliphatic rings. The highest BCUT2D eigenvalue weighted by molar-refractivity contribution is 9.10. The summed E-state index contributed by atoms with van der Waals surface area (Å²) in [6, 6.07) is 22.0. The third-order valence-corrected chi connectivity index (χ3v) is 8.99. The number of anilines is 1. The van der Waals surface area contributed by atoms with E-state index in [0.717, 1.165) is 48.1 Å². The molecule has 3 aromatic carbocycles. The Morgan fingerprint density at radius 2 is 1.64 bits per heavy atom. The molecule has 0 atom stereocenters. The van der Waals surface area contributed by atoms with Crippen LogP contribution in [0.5, 0.6) is 0 Å². The Kier molecular flexibility index (Phi) is 8.42. The minimum atomic E-state index is -4.01. The van der Waals surface area contributed by atoms with Gasteiger partial charge in [0.25, 0.3) is 15.9 Å². The molecule has 1 amide bonds. The van der Waals surface area contributed by atoms with Crippen molar-refractivity contribution in [2.45, 2.75) is 39.5 Å². The molecule has 0 saturated carbocycles. The molecular formula is C30H31BrN4O3S. The lowest BCUT2D eigenvalue weighted by Gasteiger charge is -2.26. The van der Waals surface area contributed by atoms with Crippen molar-refractivity contribution in [1.82, 2.24) is 9.99 Å². The predicted octanol–water partition coefficient (Wildman–Crippen LogP) is 6.13. The fourth-order valence-corrected chi connectivity index (χ4v) is 6.13. The van der Waals surface area contributed by atoms with Crippen molar-refractivity contribution >= 4 is 43.8 Å². The number of hydrogen-bond donors (Lipinski definition) is 1. The largest absolute Gasteiger partial charge is 0.318 e. The Bertz CT molecular complexity index is 1640. The molecule has 1 N–H and O–H groups in total. The lowest BCUT2D eigenvalue weighted by atomic mass is 10.1. The Hall–Kier alpha value is -3.69. The van der Waals surface area contributed by atoms with Crippen LogP contribution in [0.3, 0.4) is 0 Å². The summed E-state index contributed by atoms with van der Waals surface area (Å²) in [7, 11) is -4.01. The van der Waals surface area contributed by atoms with Gasteiger partial charge in [0.1, 0.15) is 6.54 Å². The third kappa shape index (κ3) is 6.15. The van der Waals surface area contributed by atoms with Gasteiger partial charge in [0.15, 0.2) is 0 Å². The maximum absolute atomic E-state index is 13.7. The smallest absolute Gasteiger partial charge is 0.264 e. The summed E-state index contributed by atoms with van der Waals surface area (Å²) in [5, 5.41) is 4.15. The monoisotopic (exact) mass is 606 g/mol. The minimum absolute atomic E-state index is 0.116. The second-order valence-electron chi connectivity index (χ2n) is 9.48. The quantitative estimate of drug-likeness (QED) is 0.193. The van der Waals surface area contributed by atoms with Crippen molar-refractivity contribution in [2.75, 3.05) is 10.8 Å². The lowest BCUT2D eigenvalue weighted by molar-refractivity contribution is -0.119. The number of hydrazone groups is 1. The first-order valence-electron chi connectivity index (χ1n) is 12.4. The minimum Gasteiger partial charge on any atom is -0.318 e. The van der Waals surface area contributed by atoms with Crippen molar-refractivity contribution in [1.29, 1.82) is 0 Å². The first-order chi connectivity index (χ1) is 18.5. The van der Waals surface area contributed by atoms with Gasteiger partial charge in [0, 0.05) is 27.1 Å². The number of amides is 1. The van der Waals surface area contributed by atoms with E-state index in [4.69, 9.17) is 0 Å². The van der Waals surface area contributed by atoms with Crippen LogP contribution in [0, 0.1) is 34.6 Å². The van der Waals surface area contributed by atoms with Gasteiger partial charge in [0.2, 0.25) is 0 Å². The number of carbonyl (C=O) groups is 1. The molecule has 0 aliphatic heterocycles. The number of nitrogens with one attached hydrogen (secondary N) is 1. The molecule has 7 nitrogen and oxygen atoms in total. The van der Waals surface area contributed by atoms with E-state index in [1.165, 1.54) is 0 Å². The topological polar surface area (TPSA) is 83.8 Å². The Morgan fingerprint density at radius 3 is 2.31 bits per heavy atom. The van der Waals surface area contributed by atoms with E-state index >= 15 is 0 Å². The molecule has 0 radical (unpaired) electrons. The van der Waals surface area contributed by atoms with Crippen LogP contribution in [0.2, 0.25) is 0 Å². The molecule has 0 saturated heterocycles. The zero-order chi connectivity index (χ0) is 28.3. The zero-order valence-electron chi connectivity index (χ0n) is 22.6. The lowest BCUT2D eigenvalue weighted by Crippen LogP contribution is -2.40. The summed E-state index contributed by atoms with van der Waals surface area (Å²) >= 11 is 3.46. The normalized spacial score (nSPS) is 11.6. The first-order valence-corrected chi connectivity index (χ1v) is 14.6. The number of aryl methyl sites for hydroxylation is 3. The molecule has 0 fully saturated rings. The molecule has 1 aromatic heterocycles. The van der Waals surface area contributed by atoms with Crippen LogP contribution in [0.25, 0.3) is 5.69 Å². The van der Waals surface area contributed by atoms with Gasteiger partial charge in [-0.05, 0) is 94.3 Å². The summed E-state index contributed by atoms with van der Waals surface area (Å²) in [6.45, 7) is 9.21. The molecular weight excluding hydrogens is 576 g/mol. The van der Waals surface area contributed by atoms with E-state index in [2.05, 4.69) is 31.0 Å². The van der Waals surface area contributed by atoms with Crippen molar-refractivity contribution in [3.8, 4) is 5.69 Å². The van der Waals surface area contributed by atoms with Crippen LogP contribution in [-0.4, -0.2) is 31.7 Å². The van der Waals surface area contributed by atoms with E-state index in [-0.39, 0.29) is 4.90 Å². The second-order valence-corrected chi connectivity index (χ2v) is 12.3. The molecule has 202 valence electrons. The summed E-state index contributed by atoms with van der Waals surface area (Å²) in [5.41, 5.74) is 9.46. The highest BCUT2D eigenvalue weighted by Crippen LogP contribution is 2.28. The van der Waals surface area contributed by atoms with Crippen LogP contribution in [0.1, 0.15) is 33.6 Å². The Labute approximate surface area is 238 Å². The number of halogens is 1. The second kappa shape index (κ2) is 11.6. The molecule has 4 aromatic rings. The summed E-state index contributed by atoms with van der Waals surface area (Å²) in [5.74, 6) is -0.551. The van der Waals surface area contributed by atoms with Gasteiger partial charge in [-0.2, -0.15) is 5.10 Å². The summed E-state index contributed by atoms with van der Waals surface area (Å²) in [6.07, 6.45) is 1.58. The number of sulfonamides is 1. The number of carbonyl (C=O) groups excluding carboxylic acids is 1. The van der Waals surface area contributed by atoms with Gasteiger partial charge in [-0.1, -0.05) is 45.8 Å². The summed E-state index contributed by atoms with van der Waals surface area (Å²) in [4.78, 5) is 13.1. The Balaban J connectivity index is 1.58. The first kappa shape index (κ1) is 28.3. The highest BCUT2D eigenvalue weighted by Gasteiger charge is 2.28. The molecule has 4 rings (SSSR count).